The summed E-state index contributed by atoms with van der Waals surface area (Å²) in [7, 11) is 0. The summed E-state index contributed by atoms with van der Waals surface area (Å²) >= 11 is 0. The molecular formula is C12H17NO4. The van der Waals surface area contributed by atoms with Crippen molar-refractivity contribution in [2.75, 3.05) is 13.2 Å². The Balaban J connectivity index is 2.10. The number of rotatable bonds is 3. The molecule has 94 valence electrons. The molecule has 0 aromatic carbocycles. The molecule has 5 nitrogen and oxygen atoms in total. The van der Waals surface area contributed by atoms with Crippen LogP contribution in [-0.4, -0.2) is 46.6 Å². The lowest BCUT2D eigenvalue weighted by Crippen LogP contribution is -2.28. The number of aliphatic imine (C=N–C) groups is 1. The lowest BCUT2D eigenvalue weighted by atomic mass is 9.88. The lowest BCUT2D eigenvalue weighted by molar-refractivity contribution is 0.0663. The van der Waals surface area contributed by atoms with Gasteiger partial charge in [0.1, 0.15) is 18.8 Å². The van der Waals surface area contributed by atoms with Crippen LogP contribution in [0.3, 0.4) is 0 Å². The Kier molecular flexibility index (Phi) is 3.49. The monoisotopic (exact) mass is 239 g/mol. The van der Waals surface area contributed by atoms with Crippen LogP contribution < -0.4 is 0 Å². The summed E-state index contributed by atoms with van der Waals surface area (Å²) in [6.45, 7) is 1.84. The van der Waals surface area contributed by atoms with Crippen LogP contribution in [0.1, 0.15) is 6.92 Å². The molecule has 0 saturated heterocycles. The van der Waals surface area contributed by atoms with Crippen LogP contribution in [-0.2, 0) is 4.74 Å². The maximum Gasteiger partial charge on any atom is 0.191 e. The Hall–Kier alpha value is -1.33. The van der Waals surface area contributed by atoms with Crippen LogP contribution in [0.2, 0.25) is 0 Å². The highest BCUT2D eigenvalue weighted by molar-refractivity contribution is 5.83. The first-order valence-electron chi connectivity index (χ1n) is 5.70. The predicted molar refractivity (Wildman–Crippen MR) is 62.8 cm³/mol. The molecule has 2 rings (SSSR count). The molecule has 17 heavy (non-hydrogen) atoms. The van der Waals surface area contributed by atoms with E-state index < -0.39 is 12.1 Å². The van der Waals surface area contributed by atoms with Crippen molar-refractivity contribution < 1.29 is 20.1 Å². The summed E-state index contributed by atoms with van der Waals surface area (Å²) in [5.74, 6) is 0.639. The third-order valence-corrected chi connectivity index (χ3v) is 3.20. The van der Waals surface area contributed by atoms with Crippen molar-refractivity contribution >= 4 is 5.90 Å². The Morgan fingerprint density at radius 1 is 1.59 bits per heavy atom. The van der Waals surface area contributed by atoms with Crippen LogP contribution in [0.5, 0.6) is 0 Å². The number of hydrogen-bond acceptors (Lipinski definition) is 5. The molecule has 0 saturated carbocycles. The van der Waals surface area contributed by atoms with Crippen molar-refractivity contribution in [2.24, 2.45) is 16.8 Å². The van der Waals surface area contributed by atoms with Crippen molar-refractivity contribution in [1.29, 1.82) is 0 Å². The van der Waals surface area contributed by atoms with Gasteiger partial charge in [-0.05, 0) is 6.08 Å². The Morgan fingerprint density at radius 3 is 3.06 bits per heavy atom. The molecule has 1 aliphatic heterocycles. The molecule has 3 N–H and O–H groups in total. The topological polar surface area (TPSA) is 82.3 Å². The lowest BCUT2D eigenvalue weighted by Gasteiger charge is -2.22. The van der Waals surface area contributed by atoms with E-state index in [4.69, 9.17) is 9.84 Å². The molecule has 3 unspecified atom stereocenters. The van der Waals surface area contributed by atoms with Crippen molar-refractivity contribution in [3.63, 3.8) is 0 Å². The third-order valence-electron chi connectivity index (χ3n) is 3.20. The summed E-state index contributed by atoms with van der Waals surface area (Å²) in [4.78, 5) is 4.26. The van der Waals surface area contributed by atoms with E-state index in [1.54, 1.807) is 12.2 Å². The van der Waals surface area contributed by atoms with Gasteiger partial charge >= 0.3 is 0 Å². The molecule has 0 radical (unpaired) electrons. The zero-order chi connectivity index (χ0) is 12.4. The molecule has 0 bridgehead atoms. The van der Waals surface area contributed by atoms with Gasteiger partial charge in [-0.1, -0.05) is 19.1 Å². The van der Waals surface area contributed by atoms with E-state index in [0.29, 0.717) is 11.7 Å². The zero-order valence-electron chi connectivity index (χ0n) is 9.65. The SMILES string of the molecule is CC1C(O)=CC=CC1C1=NC([C@@H](O)CO)CO1. The molecular weight excluding hydrogens is 222 g/mol. The third kappa shape index (κ3) is 2.35. The number of aliphatic hydroxyl groups is 3. The van der Waals surface area contributed by atoms with Gasteiger partial charge in [0.25, 0.3) is 0 Å². The smallest absolute Gasteiger partial charge is 0.191 e. The van der Waals surface area contributed by atoms with Crippen molar-refractivity contribution in [2.45, 2.75) is 19.1 Å². The fraction of sp³-hybridized carbons (Fsp3) is 0.583. The predicted octanol–water partition coefficient (Wildman–Crippen LogP) is 0.401. The zero-order valence-corrected chi connectivity index (χ0v) is 9.65. The van der Waals surface area contributed by atoms with E-state index >= 15 is 0 Å². The van der Waals surface area contributed by atoms with Gasteiger partial charge < -0.3 is 20.1 Å². The average molecular weight is 239 g/mol. The van der Waals surface area contributed by atoms with Gasteiger partial charge in [0.2, 0.25) is 0 Å². The van der Waals surface area contributed by atoms with Crippen LogP contribution in [0.25, 0.3) is 0 Å². The molecule has 4 atom stereocenters. The normalized spacial score (nSPS) is 33.9. The quantitative estimate of drug-likeness (QED) is 0.666. The van der Waals surface area contributed by atoms with E-state index in [9.17, 15) is 10.2 Å². The van der Waals surface area contributed by atoms with Crippen LogP contribution >= 0.6 is 0 Å². The van der Waals surface area contributed by atoms with Gasteiger partial charge in [0, 0.05) is 5.92 Å². The van der Waals surface area contributed by atoms with Crippen molar-refractivity contribution in [3.05, 3.63) is 24.0 Å². The van der Waals surface area contributed by atoms with Gasteiger partial charge in [-0.25, -0.2) is 4.99 Å². The molecule has 0 amide bonds. The van der Waals surface area contributed by atoms with E-state index in [-0.39, 0.29) is 25.0 Å². The highest BCUT2D eigenvalue weighted by Crippen LogP contribution is 2.28. The van der Waals surface area contributed by atoms with Crippen molar-refractivity contribution in [3.8, 4) is 0 Å². The minimum Gasteiger partial charge on any atom is -0.512 e. The molecule has 0 spiro atoms. The largest absolute Gasteiger partial charge is 0.512 e. The minimum atomic E-state index is -0.889. The fourth-order valence-electron chi connectivity index (χ4n) is 1.98. The van der Waals surface area contributed by atoms with Gasteiger partial charge in [0.05, 0.1) is 18.3 Å². The van der Waals surface area contributed by atoms with Gasteiger partial charge in [-0.15, -0.1) is 0 Å². The average Bonchev–Trinajstić information content (AvgIpc) is 2.81. The molecule has 2 aliphatic rings. The second-order valence-corrected chi connectivity index (χ2v) is 4.39. The number of aliphatic hydroxyl groups excluding tert-OH is 3. The second-order valence-electron chi connectivity index (χ2n) is 4.39. The maximum absolute atomic E-state index is 9.64. The van der Waals surface area contributed by atoms with Crippen LogP contribution in [0, 0.1) is 11.8 Å². The number of ether oxygens (including phenoxy) is 1. The standard InChI is InChI=1S/C12H17NO4/c1-7-8(3-2-4-10(7)15)12-13-9(6-17-12)11(16)5-14/h2-4,7-9,11,14-16H,5-6H2,1H3/t7?,8?,9?,11-/m0/s1. The molecule has 1 heterocycles. The number of allylic oxidation sites excluding steroid dienone is 3. The highest BCUT2D eigenvalue weighted by atomic mass is 16.5. The number of nitrogens with zero attached hydrogens (tertiary/aromatic N) is 1. The van der Waals surface area contributed by atoms with Gasteiger partial charge in [-0.3, -0.25) is 0 Å². The van der Waals surface area contributed by atoms with Gasteiger partial charge in [0.15, 0.2) is 5.90 Å². The first-order valence-corrected chi connectivity index (χ1v) is 5.70. The maximum atomic E-state index is 9.64. The Labute approximate surface area is 99.8 Å². The highest BCUT2D eigenvalue weighted by Gasteiger charge is 2.33. The van der Waals surface area contributed by atoms with Crippen molar-refractivity contribution in [1.82, 2.24) is 0 Å². The van der Waals surface area contributed by atoms with E-state index in [0.717, 1.165) is 0 Å². The van der Waals surface area contributed by atoms with Crippen LogP contribution in [0.15, 0.2) is 29.0 Å². The van der Waals surface area contributed by atoms with E-state index in [1.165, 1.54) is 0 Å². The van der Waals surface area contributed by atoms with Gasteiger partial charge in [-0.2, -0.15) is 0 Å². The molecule has 1 aliphatic carbocycles. The Bertz CT molecular complexity index is 375. The summed E-state index contributed by atoms with van der Waals surface area (Å²) < 4.78 is 5.44. The Morgan fingerprint density at radius 2 is 2.35 bits per heavy atom. The first kappa shape index (κ1) is 12.1. The molecule has 0 aromatic heterocycles. The minimum absolute atomic E-state index is 0.0798. The molecule has 0 fully saturated rings. The summed E-state index contributed by atoms with van der Waals surface area (Å²) in [6.07, 6.45) is 4.44. The number of hydrogen-bond donors (Lipinski definition) is 3. The van der Waals surface area contributed by atoms with E-state index in [1.807, 2.05) is 13.0 Å². The van der Waals surface area contributed by atoms with Crippen LogP contribution in [0.4, 0.5) is 0 Å². The molecule has 0 aromatic rings. The first-order chi connectivity index (χ1) is 8.13. The molecule has 5 heteroatoms. The summed E-state index contributed by atoms with van der Waals surface area (Å²) in [6, 6.07) is -0.413. The second kappa shape index (κ2) is 4.89. The summed E-state index contributed by atoms with van der Waals surface area (Å²) in [5.41, 5.74) is 0. The summed E-state index contributed by atoms with van der Waals surface area (Å²) in [5, 5.41) is 28.0. The van der Waals surface area contributed by atoms with E-state index in [2.05, 4.69) is 4.99 Å². The fourth-order valence-corrected chi connectivity index (χ4v) is 1.98.